The van der Waals surface area contributed by atoms with Crippen molar-refractivity contribution in [2.75, 3.05) is 11.4 Å². The molecule has 108 valence electrons. The molecule has 1 aliphatic heterocycles. The van der Waals surface area contributed by atoms with Gasteiger partial charge in [0.15, 0.2) is 0 Å². The SMILES string of the molecule is CC(C)(CN1C(=O)C(C)(C)c2ccccc21)C(=O)NN. The second-order valence-corrected chi connectivity index (χ2v) is 6.39. The van der Waals surface area contributed by atoms with E-state index in [0.29, 0.717) is 6.54 Å². The van der Waals surface area contributed by atoms with Crippen molar-refractivity contribution >= 4 is 17.5 Å². The molecule has 2 rings (SSSR count). The number of carbonyl (C=O) groups excluding carboxylic acids is 2. The number of hydrogen-bond donors (Lipinski definition) is 2. The third kappa shape index (κ3) is 2.08. The van der Waals surface area contributed by atoms with E-state index in [-0.39, 0.29) is 11.8 Å². The number of carbonyl (C=O) groups is 2. The van der Waals surface area contributed by atoms with Crippen molar-refractivity contribution in [3.63, 3.8) is 0 Å². The summed E-state index contributed by atoms with van der Waals surface area (Å²) >= 11 is 0. The summed E-state index contributed by atoms with van der Waals surface area (Å²) in [7, 11) is 0. The van der Waals surface area contributed by atoms with Gasteiger partial charge in [-0.1, -0.05) is 18.2 Å². The number of nitrogens with two attached hydrogens (primary N) is 1. The fourth-order valence-electron chi connectivity index (χ4n) is 2.62. The summed E-state index contributed by atoms with van der Waals surface area (Å²) in [6.45, 7) is 7.66. The number of rotatable bonds is 3. The number of hydrogen-bond acceptors (Lipinski definition) is 3. The summed E-state index contributed by atoms with van der Waals surface area (Å²) in [5.41, 5.74) is 2.72. The number of benzene rings is 1. The smallest absolute Gasteiger partial charge is 0.241 e. The van der Waals surface area contributed by atoms with Crippen molar-refractivity contribution in [3.05, 3.63) is 29.8 Å². The van der Waals surface area contributed by atoms with Crippen LogP contribution in [-0.2, 0) is 15.0 Å². The quantitative estimate of drug-likeness (QED) is 0.496. The van der Waals surface area contributed by atoms with E-state index in [1.165, 1.54) is 0 Å². The van der Waals surface area contributed by atoms with Crippen LogP contribution in [0.15, 0.2) is 24.3 Å². The van der Waals surface area contributed by atoms with Crippen LogP contribution in [0.5, 0.6) is 0 Å². The molecule has 0 unspecified atom stereocenters. The lowest BCUT2D eigenvalue weighted by Gasteiger charge is -2.29. The van der Waals surface area contributed by atoms with Gasteiger partial charge in [-0.3, -0.25) is 15.0 Å². The Morgan fingerprint density at radius 2 is 1.95 bits per heavy atom. The molecule has 5 heteroatoms. The van der Waals surface area contributed by atoms with Crippen molar-refractivity contribution in [3.8, 4) is 0 Å². The van der Waals surface area contributed by atoms with E-state index in [4.69, 9.17) is 5.84 Å². The third-order valence-corrected chi connectivity index (χ3v) is 3.95. The molecular formula is C15H21N3O2. The summed E-state index contributed by atoms with van der Waals surface area (Å²) in [4.78, 5) is 26.1. The molecule has 0 radical (unpaired) electrons. The molecule has 0 saturated carbocycles. The Kier molecular flexibility index (Phi) is 3.34. The maximum atomic E-state index is 12.6. The molecule has 0 atom stereocenters. The Morgan fingerprint density at radius 1 is 1.35 bits per heavy atom. The fraction of sp³-hybridized carbons (Fsp3) is 0.467. The van der Waals surface area contributed by atoms with Gasteiger partial charge in [0.1, 0.15) is 0 Å². The van der Waals surface area contributed by atoms with Gasteiger partial charge in [-0.05, 0) is 39.3 Å². The molecule has 1 aromatic rings. The van der Waals surface area contributed by atoms with Crippen LogP contribution in [0.1, 0.15) is 33.3 Å². The summed E-state index contributed by atoms with van der Waals surface area (Å²) in [5, 5.41) is 0. The normalized spacial score (nSPS) is 17.1. The first-order valence-electron chi connectivity index (χ1n) is 6.64. The van der Waals surface area contributed by atoms with Crippen LogP contribution in [0.2, 0.25) is 0 Å². The first-order chi connectivity index (χ1) is 9.21. The standard InChI is InChI=1S/C15H21N3O2/c1-14(2,12(19)17-16)9-18-11-8-6-5-7-10(11)15(3,4)13(18)20/h5-8H,9,16H2,1-4H3,(H,17,19). The molecule has 2 amide bonds. The molecular weight excluding hydrogens is 254 g/mol. The minimum atomic E-state index is -0.752. The highest BCUT2D eigenvalue weighted by Gasteiger charge is 2.46. The minimum Gasteiger partial charge on any atom is -0.310 e. The van der Waals surface area contributed by atoms with Crippen molar-refractivity contribution < 1.29 is 9.59 Å². The van der Waals surface area contributed by atoms with Gasteiger partial charge < -0.3 is 4.90 Å². The maximum absolute atomic E-state index is 12.6. The second-order valence-electron chi connectivity index (χ2n) is 6.39. The number of nitrogens with zero attached hydrogens (tertiary/aromatic N) is 1. The lowest BCUT2D eigenvalue weighted by Crippen LogP contribution is -2.49. The van der Waals surface area contributed by atoms with Crippen molar-refractivity contribution in [1.29, 1.82) is 0 Å². The van der Waals surface area contributed by atoms with Crippen LogP contribution in [0.4, 0.5) is 5.69 Å². The van der Waals surface area contributed by atoms with Gasteiger partial charge in [-0.25, -0.2) is 5.84 Å². The topological polar surface area (TPSA) is 75.4 Å². The Balaban J connectivity index is 2.40. The van der Waals surface area contributed by atoms with E-state index in [2.05, 4.69) is 5.43 Å². The molecule has 0 fully saturated rings. The average Bonchev–Trinajstić information content (AvgIpc) is 2.59. The molecule has 0 saturated heterocycles. The van der Waals surface area contributed by atoms with E-state index < -0.39 is 10.8 Å². The van der Waals surface area contributed by atoms with Crippen LogP contribution in [0.3, 0.4) is 0 Å². The molecule has 0 aromatic heterocycles. The summed E-state index contributed by atoms with van der Waals surface area (Å²) < 4.78 is 0. The Bertz CT molecular complexity index is 564. The van der Waals surface area contributed by atoms with Crippen molar-refractivity contribution in [2.24, 2.45) is 11.3 Å². The number of anilines is 1. The zero-order valence-electron chi connectivity index (χ0n) is 12.4. The summed E-state index contributed by atoms with van der Waals surface area (Å²) in [6, 6.07) is 7.70. The molecule has 0 bridgehead atoms. The predicted octanol–water partition coefficient (Wildman–Crippen LogP) is 1.33. The second kappa shape index (κ2) is 4.59. The van der Waals surface area contributed by atoms with Crippen LogP contribution in [0, 0.1) is 5.41 Å². The lowest BCUT2D eigenvalue weighted by molar-refractivity contribution is -0.129. The molecule has 3 N–H and O–H groups in total. The van der Waals surface area contributed by atoms with Gasteiger partial charge in [0.2, 0.25) is 11.8 Å². The van der Waals surface area contributed by atoms with E-state index >= 15 is 0 Å². The maximum Gasteiger partial charge on any atom is 0.241 e. The van der Waals surface area contributed by atoms with Gasteiger partial charge in [-0.2, -0.15) is 0 Å². The van der Waals surface area contributed by atoms with Crippen LogP contribution >= 0.6 is 0 Å². The summed E-state index contributed by atoms with van der Waals surface area (Å²) in [5.74, 6) is 4.94. The van der Waals surface area contributed by atoms with Crippen LogP contribution in [-0.4, -0.2) is 18.4 Å². The molecule has 1 heterocycles. The lowest BCUT2D eigenvalue weighted by atomic mass is 9.86. The molecule has 1 aromatic carbocycles. The largest absolute Gasteiger partial charge is 0.310 e. The zero-order valence-corrected chi connectivity index (χ0v) is 12.4. The Labute approximate surface area is 119 Å². The predicted molar refractivity (Wildman–Crippen MR) is 77.9 cm³/mol. The number of nitrogens with one attached hydrogen (secondary N) is 1. The first kappa shape index (κ1) is 14.5. The van der Waals surface area contributed by atoms with Crippen molar-refractivity contribution in [1.82, 2.24) is 5.43 Å². The van der Waals surface area contributed by atoms with E-state index in [1.54, 1.807) is 18.7 Å². The Hall–Kier alpha value is -1.88. The summed E-state index contributed by atoms with van der Waals surface area (Å²) in [6.07, 6.45) is 0. The van der Waals surface area contributed by atoms with E-state index in [1.807, 2.05) is 38.1 Å². The average molecular weight is 275 g/mol. The molecule has 0 aliphatic carbocycles. The third-order valence-electron chi connectivity index (χ3n) is 3.95. The molecule has 5 nitrogen and oxygen atoms in total. The van der Waals surface area contributed by atoms with Gasteiger partial charge in [0.05, 0.1) is 10.8 Å². The number of para-hydroxylation sites is 1. The molecule has 20 heavy (non-hydrogen) atoms. The van der Waals surface area contributed by atoms with E-state index in [0.717, 1.165) is 11.3 Å². The highest BCUT2D eigenvalue weighted by atomic mass is 16.2. The van der Waals surface area contributed by atoms with Crippen molar-refractivity contribution in [2.45, 2.75) is 33.1 Å². The fourth-order valence-corrected chi connectivity index (χ4v) is 2.62. The monoisotopic (exact) mass is 275 g/mol. The van der Waals surface area contributed by atoms with Gasteiger partial charge in [-0.15, -0.1) is 0 Å². The number of hydrazine groups is 1. The minimum absolute atomic E-state index is 0.0107. The number of amides is 2. The zero-order chi connectivity index (χ0) is 15.1. The van der Waals surface area contributed by atoms with E-state index in [9.17, 15) is 9.59 Å². The first-order valence-corrected chi connectivity index (χ1v) is 6.64. The highest BCUT2D eigenvalue weighted by molar-refractivity contribution is 6.08. The highest BCUT2D eigenvalue weighted by Crippen LogP contribution is 2.42. The van der Waals surface area contributed by atoms with Gasteiger partial charge >= 0.3 is 0 Å². The number of fused-ring (bicyclic) bond motifs is 1. The van der Waals surface area contributed by atoms with Gasteiger partial charge in [0, 0.05) is 12.2 Å². The molecule has 0 spiro atoms. The van der Waals surface area contributed by atoms with Crippen LogP contribution in [0.25, 0.3) is 0 Å². The van der Waals surface area contributed by atoms with Gasteiger partial charge in [0.25, 0.3) is 0 Å². The van der Waals surface area contributed by atoms with Crippen LogP contribution < -0.4 is 16.2 Å². The molecule has 1 aliphatic rings. The Morgan fingerprint density at radius 3 is 2.55 bits per heavy atom.